The highest BCUT2D eigenvalue weighted by Crippen LogP contribution is 2.36. The molecule has 2 atom stereocenters. The van der Waals surface area contributed by atoms with Crippen LogP contribution in [0, 0.1) is 0 Å². The van der Waals surface area contributed by atoms with Crippen molar-refractivity contribution in [1.29, 1.82) is 0 Å². The van der Waals surface area contributed by atoms with E-state index in [1.165, 1.54) is 0 Å². The third-order valence-electron chi connectivity index (χ3n) is 5.70. The highest BCUT2D eigenvalue weighted by atomic mass is 16.6. The van der Waals surface area contributed by atoms with Crippen LogP contribution in [0.15, 0.2) is 27.8 Å². The molecule has 0 spiro atoms. The standard InChI is InChI=1S/C23H38N4O3/c1-5-6-12-24-21(25-13-11-20-8-7-14-29-20)26-17-15-18-9-10-19(16-17)27(18)22(28)30-23(2,3)4/h7-8,14,17-19H,5-6,9-13,15-16H2,1-4H3,(H2,24,25,26). The maximum Gasteiger partial charge on any atom is 0.410 e. The number of aliphatic imine (C=N–C) groups is 1. The van der Waals surface area contributed by atoms with Gasteiger partial charge in [0.1, 0.15) is 11.4 Å². The minimum Gasteiger partial charge on any atom is -0.469 e. The predicted molar refractivity (Wildman–Crippen MR) is 119 cm³/mol. The molecule has 2 aliphatic heterocycles. The first-order valence-corrected chi connectivity index (χ1v) is 11.4. The Hall–Kier alpha value is -2.18. The van der Waals surface area contributed by atoms with E-state index in [1.54, 1.807) is 6.26 Å². The Labute approximate surface area is 180 Å². The van der Waals surface area contributed by atoms with Crippen molar-refractivity contribution in [3.63, 3.8) is 0 Å². The van der Waals surface area contributed by atoms with Crippen molar-refractivity contribution in [2.75, 3.05) is 13.1 Å². The summed E-state index contributed by atoms with van der Waals surface area (Å²) in [5, 5.41) is 7.09. The number of amides is 1. The monoisotopic (exact) mass is 418 g/mol. The third kappa shape index (κ3) is 6.41. The summed E-state index contributed by atoms with van der Waals surface area (Å²) in [5.41, 5.74) is -0.456. The molecule has 2 N–H and O–H groups in total. The van der Waals surface area contributed by atoms with E-state index in [2.05, 4.69) is 17.6 Å². The van der Waals surface area contributed by atoms with Crippen molar-refractivity contribution in [3.8, 4) is 0 Å². The lowest BCUT2D eigenvalue weighted by Gasteiger charge is -2.40. The molecule has 3 heterocycles. The van der Waals surface area contributed by atoms with Crippen LogP contribution in [-0.2, 0) is 11.2 Å². The first kappa shape index (κ1) is 22.5. The molecule has 2 bridgehead atoms. The Morgan fingerprint density at radius 3 is 2.63 bits per heavy atom. The molecule has 1 amide bonds. The molecule has 0 saturated carbocycles. The fourth-order valence-electron chi connectivity index (χ4n) is 4.36. The molecule has 0 aliphatic carbocycles. The van der Waals surface area contributed by atoms with Crippen molar-refractivity contribution in [1.82, 2.24) is 15.5 Å². The number of nitrogens with zero attached hydrogens (tertiary/aromatic N) is 2. The van der Waals surface area contributed by atoms with Crippen molar-refractivity contribution >= 4 is 12.1 Å². The largest absolute Gasteiger partial charge is 0.469 e. The van der Waals surface area contributed by atoms with E-state index < -0.39 is 5.60 Å². The van der Waals surface area contributed by atoms with Crippen molar-refractivity contribution in [2.45, 2.75) is 96.4 Å². The van der Waals surface area contributed by atoms with Gasteiger partial charge < -0.3 is 24.7 Å². The number of furan rings is 1. The van der Waals surface area contributed by atoms with Gasteiger partial charge in [0, 0.05) is 37.6 Å². The van der Waals surface area contributed by atoms with E-state index >= 15 is 0 Å². The average Bonchev–Trinajstić information content (AvgIpc) is 3.27. The minimum absolute atomic E-state index is 0.165. The SMILES string of the molecule is CCCCN=C(NCCc1ccco1)NC1CC2CCC(C1)N2C(=O)OC(C)(C)C. The van der Waals surface area contributed by atoms with Gasteiger partial charge in [0.05, 0.1) is 6.26 Å². The van der Waals surface area contributed by atoms with Gasteiger partial charge in [-0.2, -0.15) is 0 Å². The van der Waals surface area contributed by atoms with Crippen LogP contribution in [0.2, 0.25) is 0 Å². The molecular weight excluding hydrogens is 380 g/mol. The summed E-state index contributed by atoms with van der Waals surface area (Å²) in [7, 11) is 0. The van der Waals surface area contributed by atoms with Gasteiger partial charge in [0.25, 0.3) is 0 Å². The van der Waals surface area contributed by atoms with E-state index in [-0.39, 0.29) is 18.2 Å². The van der Waals surface area contributed by atoms with Crippen LogP contribution in [0.4, 0.5) is 4.79 Å². The summed E-state index contributed by atoms with van der Waals surface area (Å²) < 4.78 is 11.1. The van der Waals surface area contributed by atoms with Crippen LogP contribution < -0.4 is 10.6 Å². The topological polar surface area (TPSA) is 79.1 Å². The molecule has 2 aliphatic rings. The molecule has 0 aromatic carbocycles. The Morgan fingerprint density at radius 1 is 1.30 bits per heavy atom. The minimum atomic E-state index is -0.456. The molecule has 3 rings (SSSR count). The van der Waals surface area contributed by atoms with Crippen LogP contribution in [0.5, 0.6) is 0 Å². The number of guanidine groups is 1. The second-order valence-corrected chi connectivity index (χ2v) is 9.43. The zero-order chi connectivity index (χ0) is 21.6. The summed E-state index contributed by atoms with van der Waals surface area (Å²) >= 11 is 0. The number of carbonyl (C=O) groups excluding carboxylic acids is 1. The smallest absolute Gasteiger partial charge is 0.410 e. The normalized spacial score (nSPS) is 24.1. The van der Waals surface area contributed by atoms with E-state index in [9.17, 15) is 4.79 Å². The molecule has 2 fully saturated rings. The number of rotatable bonds is 7. The van der Waals surface area contributed by atoms with Gasteiger partial charge in [-0.1, -0.05) is 13.3 Å². The number of piperidine rings is 1. The molecule has 168 valence electrons. The lowest BCUT2D eigenvalue weighted by atomic mass is 9.98. The summed E-state index contributed by atoms with van der Waals surface area (Å²) in [6.07, 6.45) is 8.54. The highest BCUT2D eigenvalue weighted by molar-refractivity contribution is 5.80. The van der Waals surface area contributed by atoms with E-state index in [0.717, 1.165) is 69.8 Å². The molecule has 30 heavy (non-hydrogen) atoms. The van der Waals surface area contributed by atoms with Gasteiger partial charge in [0.15, 0.2) is 5.96 Å². The van der Waals surface area contributed by atoms with Gasteiger partial charge in [-0.3, -0.25) is 4.99 Å². The highest BCUT2D eigenvalue weighted by Gasteiger charge is 2.45. The number of ether oxygens (including phenoxy) is 1. The Bertz CT molecular complexity index is 682. The second kappa shape index (κ2) is 10.2. The summed E-state index contributed by atoms with van der Waals surface area (Å²) in [6.45, 7) is 9.54. The summed E-state index contributed by atoms with van der Waals surface area (Å²) in [6, 6.07) is 4.72. The third-order valence-corrected chi connectivity index (χ3v) is 5.70. The Balaban J connectivity index is 1.55. The van der Waals surface area contributed by atoms with E-state index in [4.69, 9.17) is 14.1 Å². The van der Waals surface area contributed by atoms with Crippen LogP contribution in [0.25, 0.3) is 0 Å². The summed E-state index contributed by atoms with van der Waals surface area (Å²) in [5.74, 6) is 1.84. The van der Waals surface area contributed by atoms with Crippen LogP contribution in [0.3, 0.4) is 0 Å². The fraction of sp³-hybridized carbons (Fsp3) is 0.739. The lowest BCUT2D eigenvalue weighted by molar-refractivity contribution is 0.00545. The predicted octanol–water partition coefficient (Wildman–Crippen LogP) is 4.09. The summed E-state index contributed by atoms with van der Waals surface area (Å²) in [4.78, 5) is 19.4. The number of hydrogen-bond acceptors (Lipinski definition) is 4. The fourth-order valence-corrected chi connectivity index (χ4v) is 4.36. The Morgan fingerprint density at radius 2 is 2.03 bits per heavy atom. The van der Waals surface area contributed by atoms with E-state index in [0.29, 0.717) is 6.04 Å². The molecule has 7 heteroatoms. The van der Waals surface area contributed by atoms with Crippen LogP contribution in [-0.4, -0.2) is 53.8 Å². The number of carbonyl (C=O) groups is 1. The molecule has 7 nitrogen and oxygen atoms in total. The molecule has 0 radical (unpaired) electrons. The first-order chi connectivity index (χ1) is 14.4. The first-order valence-electron chi connectivity index (χ1n) is 11.4. The number of nitrogens with one attached hydrogen (secondary N) is 2. The van der Waals surface area contributed by atoms with Crippen molar-refractivity contribution in [3.05, 3.63) is 24.2 Å². The maximum absolute atomic E-state index is 12.7. The second-order valence-electron chi connectivity index (χ2n) is 9.43. The zero-order valence-corrected chi connectivity index (χ0v) is 18.9. The van der Waals surface area contributed by atoms with Crippen LogP contribution in [0.1, 0.15) is 72.0 Å². The zero-order valence-electron chi connectivity index (χ0n) is 18.9. The Kier molecular flexibility index (Phi) is 7.67. The van der Waals surface area contributed by atoms with Crippen molar-refractivity contribution < 1.29 is 13.9 Å². The molecular formula is C23H38N4O3. The van der Waals surface area contributed by atoms with Gasteiger partial charge >= 0.3 is 6.09 Å². The number of fused-ring (bicyclic) bond motifs is 2. The van der Waals surface area contributed by atoms with E-state index in [1.807, 2.05) is 37.8 Å². The van der Waals surface area contributed by atoms with Gasteiger partial charge in [-0.15, -0.1) is 0 Å². The van der Waals surface area contributed by atoms with Gasteiger partial charge in [-0.25, -0.2) is 4.79 Å². The number of hydrogen-bond donors (Lipinski definition) is 2. The molecule has 1 aromatic rings. The molecule has 1 aromatic heterocycles. The number of unbranched alkanes of at least 4 members (excludes halogenated alkanes) is 1. The molecule has 2 saturated heterocycles. The molecule has 2 unspecified atom stereocenters. The van der Waals surface area contributed by atoms with Gasteiger partial charge in [0.2, 0.25) is 0 Å². The van der Waals surface area contributed by atoms with Crippen LogP contribution >= 0.6 is 0 Å². The maximum atomic E-state index is 12.7. The average molecular weight is 419 g/mol. The van der Waals surface area contributed by atoms with Crippen molar-refractivity contribution in [2.24, 2.45) is 4.99 Å². The quantitative estimate of drug-likeness (QED) is 0.396. The van der Waals surface area contributed by atoms with Gasteiger partial charge in [-0.05, 0) is 65.0 Å². The lowest BCUT2D eigenvalue weighted by Crippen LogP contribution is -2.55.